The molecule has 4 heterocycles. The summed E-state index contributed by atoms with van der Waals surface area (Å²) < 4.78 is 16.1. The van der Waals surface area contributed by atoms with E-state index in [0.717, 1.165) is 4.57 Å². The van der Waals surface area contributed by atoms with Crippen LogP contribution in [0.3, 0.4) is 0 Å². The number of benzene rings is 4. The number of imide groups is 1. The summed E-state index contributed by atoms with van der Waals surface area (Å²) in [6.07, 6.45) is 1.83. The van der Waals surface area contributed by atoms with Gasteiger partial charge in [-0.2, -0.15) is 0 Å². The third-order valence-corrected chi connectivity index (χ3v) is 12.2. The summed E-state index contributed by atoms with van der Waals surface area (Å²) in [7, 11) is 4.60. The molecule has 4 atom stereocenters. The Morgan fingerprint density at radius 3 is 2.34 bits per heavy atom. The molecule has 58 heavy (non-hydrogen) atoms. The lowest BCUT2D eigenvalue weighted by Gasteiger charge is -2.49. The zero-order chi connectivity index (χ0) is 40.6. The van der Waals surface area contributed by atoms with Gasteiger partial charge in [0.15, 0.2) is 11.5 Å². The van der Waals surface area contributed by atoms with Crippen LogP contribution in [0, 0.1) is 5.92 Å². The Balaban J connectivity index is 1.17. The zero-order valence-corrected chi connectivity index (χ0v) is 32.4. The molecular formula is C43H37ClN6O8. The van der Waals surface area contributed by atoms with Crippen molar-refractivity contribution in [2.24, 2.45) is 13.0 Å². The Bertz CT molecular complexity index is 2910. The van der Waals surface area contributed by atoms with E-state index in [4.69, 9.17) is 21.1 Å². The van der Waals surface area contributed by atoms with Gasteiger partial charge in [0.1, 0.15) is 11.4 Å². The number of methoxy groups -OCH3 is 2. The number of rotatable bonds is 8. The first-order valence-electron chi connectivity index (χ1n) is 18.7. The molecule has 2 fully saturated rings. The van der Waals surface area contributed by atoms with Crippen molar-refractivity contribution in [2.75, 3.05) is 19.1 Å². The molecule has 0 spiro atoms. The summed E-state index contributed by atoms with van der Waals surface area (Å²) in [5.74, 6) is -1.96. The Kier molecular flexibility index (Phi) is 8.77. The second-order valence-electron chi connectivity index (χ2n) is 14.7. The molecule has 6 aromatic rings. The van der Waals surface area contributed by atoms with Crippen LogP contribution in [-0.4, -0.2) is 54.6 Å². The Hall–Kier alpha value is -6.67. The third kappa shape index (κ3) is 5.31. The second kappa shape index (κ2) is 13.8. The summed E-state index contributed by atoms with van der Waals surface area (Å²) in [6, 6.07) is 24.7. The number of allylic oxidation sites excluding steroid dienone is 2. The Morgan fingerprint density at radius 1 is 0.879 bits per heavy atom. The molecule has 1 saturated heterocycles. The van der Waals surface area contributed by atoms with Gasteiger partial charge in [-0.1, -0.05) is 66.2 Å². The highest BCUT2D eigenvalue weighted by Gasteiger charge is 2.68. The van der Waals surface area contributed by atoms with Crippen LogP contribution in [0.2, 0.25) is 5.02 Å². The van der Waals surface area contributed by atoms with E-state index >= 15 is 4.79 Å². The maximum Gasteiger partial charge on any atom is 0.347 e. The maximum atomic E-state index is 15.3. The van der Waals surface area contributed by atoms with Crippen LogP contribution in [0.5, 0.6) is 17.2 Å². The lowest BCUT2D eigenvalue weighted by atomic mass is 9.53. The van der Waals surface area contributed by atoms with Gasteiger partial charge in [-0.05, 0) is 53.5 Å². The fourth-order valence-corrected chi connectivity index (χ4v) is 9.60. The number of aromatic hydroxyl groups is 1. The van der Waals surface area contributed by atoms with Crippen LogP contribution in [0.15, 0.2) is 117 Å². The van der Waals surface area contributed by atoms with Crippen LogP contribution in [0.1, 0.15) is 35.2 Å². The number of phenolic OH excluding ortho intramolecular Hbond substituents is 1. The van der Waals surface area contributed by atoms with Crippen molar-refractivity contribution in [1.82, 2.24) is 23.5 Å². The fourth-order valence-electron chi connectivity index (χ4n) is 9.41. The second-order valence-corrected chi connectivity index (χ2v) is 15.2. The van der Waals surface area contributed by atoms with Gasteiger partial charge in [-0.25, -0.2) is 33.4 Å². The first-order valence-corrected chi connectivity index (χ1v) is 19.1. The van der Waals surface area contributed by atoms with E-state index in [9.17, 15) is 24.3 Å². The number of halogens is 1. The number of hydrogen-bond donors (Lipinski definition) is 1. The largest absolute Gasteiger partial charge is 0.508 e. The molecule has 14 nitrogen and oxygen atoms in total. The van der Waals surface area contributed by atoms with Gasteiger partial charge >= 0.3 is 11.4 Å². The highest BCUT2D eigenvalue weighted by molar-refractivity contribution is 6.32. The molecule has 15 heteroatoms. The number of amides is 2. The highest BCUT2D eigenvalue weighted by Crippen LogP contribution is 2.62. The van der Waals surface area contributed by atoms with Crippen LogP contribution in [0.25, 0.3) is 11.0 Å². The summed E-state index contributed by atoms with van der Waals surface area (Å²) in [5, 5.41) is 11.2. The topological polar surface area (TPSA) is 160 Å². The van der Waals surface area contributed by atoms with E-state index in [2.05, 4.69) is 4.98 Å². The molecule has 0 bridgehead atoms. The van der Waals surface area contributed by atoms with Crippen molar-refractivity contribution in [3.8, 4) is 17.2 Å². The lowest BCUT2D eigenvalue weighted by Crippen LogP contribution is -2.53. The average molecular weight is 801 g/mol. The molecule has 1 saturated carbocycles. The molecule has 4 unspecified atom stereocenters. The number of ether oxygens (including phenoxy) is 2. The minimum Gasteiger partial charge on any atom is -0.508 e. The van der Waals surface area contributed by atoms with Crippen molar-refractivity contribution < 1.29 is 24.2 Å². The molecule has 0 radical (unpaired) electrons. The number of phenols is 1. The summed E-state index contributed by atoms with van der Waals surface area (Å²) >= 11 is 6.39. The summed E-state index contributed by atoms with van der Waals surface area (Å²) in [4.78, 5) is 78.2. The number of hydrogen-bond acceptors (Lipinski definition) is 9. The van der Waals surface area contributed by atoms with Gasteiger partial charge in [0, 0.05) is 43.1 Å². The number of carbonyl (C=O) groups is 2. The van der Waals surface area contributed by atoms with E-state index in [-0.39, 0.29) is 37.4 Å². The first kappa shape index (κ1) is 36.9. The molecule has 1 aliphatic carbocycles. The summed E-state index contributed by atoms with van der Waals surface area (Å²) in [6.45, 7) is -0.156. The van der Waals surface area contributed by atoms with E-state index in [1.807, 2.05) is 36.4 Å². The maximum absolute atomic E-state index is 15.3. The molecular weight excluding hydrogens is 764 g/mol. The molecule has 4 aromatic carbocycles. The summed E-state index contributed by atoms with van der Waals surface area (Å²) in [5.41, 5.74) is 0.147. The zero-order valence-electron chi connectivity index (χ0n) is 31.7. The van der Waals surface area contributed by atoms with Crippen LogP contribution < -0.4 is 31.3 Å². The van der Waals surface area contributed by atoms with Crippen molar-refractivity contribution in [3.05, 3.63) is 156 Å². The quantitative estimate of drug-likeness (QED) is 0.173. The normalized spacial score (nSPS) is 21.1. The van der Waals surface area contributed by atoms with Crippen molar-refractivity contribution in [1.29, 1.82) is 0 Å². The van der Waals surface area contributed by atoms with E-state index in [1.54, 1.807) is 61.6 Å². The van der Waals surface area contributed by atoms with Crippen molar-refractivity contribution in [3.63, 3.8) is 0 Å². The highest BCUT2D eigenvalue weighted by atomic mass is 35.5. The fraction of sp³-hybridized carbons (Fsp3) is 0.256. The van der Waals surface area contributed by atoms with Gasteiger partial charge in [0.2, 0.25) is 11.8 Å². The monoisotopic (exact) mass is 800 g/mol. The lowest BCUT2D eigenvalue weighted by molar-refractivity contribution is -0.124. The van der Waals surface area contributed by atoms with Gasteiger partial charge in [0.25, 0.3) is 5.56 Å². The third-order valence-electron chi connectivity index (χ3n) is 11.9. The number of aromatic nitrogens is 5. The first-order chi connectivity index (χ1) is 28.0. The standard InChI is InChI=1S/C43H37ClN6O8/c1-46-34-23-36(58-3)35(57-2)22-32(34)45-31(39(46)53)16-17-47-41(55)48-18-15-29-33(50(48)42(47)56)21-30-38(52)49(27-13-8-12-26(44)20-27)40(54)43(30,25-10-5-4-6-11-25)37(29)24-9-7-14-28(51)19-24/h4-15,19-20,22-23,30,33,37,51H,16-18,21H2,1-3H3. The van der Waals surface area contributed by atoms with Crippen molar-refractivity contribution in [2.45, 2.75) is 43.3 Å². The molecule has 2 aromatic heterocycles. The Morgan fingerprint density at radius 2 is 1.62 bits per heavy atom. The van der Waals surface area contributed by atoms with Gasteiger partial charge < -0.3 is 19.1 Å². The van der Waals surface area contributed by atoms with Gasteiger partial charge in [-0.15, -0.1) is 0 Å². The number of aryl methyl sites for hydroxylation is 2. The van der Waals surface area contributed by atoms with Gasteiger partial charge in [-0.3, -0.25) is 14.4 Å². The van der Waals surface area contributed by atoms with E-state index < -0.39 is 52.0 Å². The SMILES string of the molecule is COc1cc2nc(CCn3c(=O)n4n(c3=O)C3CC5C(=O)N(c6cccc(Cl)c6)C(=O)C5(c5ccccc5)C(c5cccc(O)c5)C3=CC4)c(=O)n(C)c2cc1OC. The van der Waals surface area contributed by atoms with E-state index in [0.29, 0.717) is 49.9 Å². The Labute approximate surface area is 335 Å². The molecule has 3 aliphatic rings. The van der Waals surface area contributed by atoms with Gasteiger partial charge in [0.05, 0.1) is 54.9 Å². The van der Waals surface area contributed by atoms with Crippen LogP contribution >= 0.6 is 11.6 Å². The van der Waals surface area contributed by atoms with Crippen LogP contribution in [-0.2, 0) is 41.6 Å². The number of nitrogens with zero attached hydrogens (tertiary/aromatic N) is 6. The minimum absolute atomic E-state index is 0.00444. The predicted octanol–water partition coefficient (Wildman–Crippen LogP) is 4.47. The molecule has 294 valence electrons. The molecule has 2 amide bonds. The number of fused-ring (bicyclic) bond motifs is 5. The van der Waals surface area contributed by atoms with Crippen LogP contribution in [0.4, 0.5) is 5.69 Å². The van der Waals surface area contributed by atoms with Crippen molar-refractivity contribution >= 4 is 40.1 Å². The number of carbonyl (C=O) groups excluding carboxylic acids is 2. The van der Waals surface area contributed by atoms with E-state index in [1.165, 1.54) is 39.1 Å². The number of anilines is 1. The predicted molar refractivity (Wildman–Crippen MR) is 215 cm³/mol. The minimum atomic E-state index is -1.50. The molecule has 2 aliphatic heterocycles. The molecule has 1 N–H and O–H groups in total. The smallest absolute Gasteiger partial charge is 0.347 e. The average Bonchev–Trinajstić information content (AvgIpc) is 3.61. The molecule has 9 rings (SSSR count).